The second kappa shape index (κ2) is 8.39. The summed E-state index contributed by atoms with van der Waals surface area (Å²) in [6.45, 7) is 0.0565. The molecule has 0 spiro atoms. The molecule has 1 aromatic heterocycles. The zero-order valence-corrected chi connectivity index (χ0v) is 16.7. The van der Waals surface area contributed by atoms with Gasteiger partial charge in [0.2, 0.25) is 0 Å². The quantitative estimate of drug-likeness (QED) is 0.387. The molecule has 0 radical (unpaired) electrons. The van der Waals surface area contributed by atoms with E-state index in [4.69, 9.17) is 4.74 Å². The molecule has 156 valence electrons. The molecule has 1 N–H and O–H groups in total. The van der Waals surface area contributed by atoms with E-state index in [2.05, 4.69) is 4.98 Å². The molecule has 1 fully saturated rings. The highest BCUT2D eigenvalue weighted by molar-refractivity contribution is 6.46. The van der Waals surface area contributed by atoms with Crippen molar-refractivity contribution < 1.29 is 23.8 Å². The summed E-state index contributed by atoms with van der Waals surface area (Å²) in [6.07, 6.45) is 1.55. The standard InChI is InChI=1S/C24H19FN2O4/c1-31-18-6-4-5-16(13-18)22(28)20-21(19-7-2-3-12-26-19)27(24(30)23(20)29)14-15-8-10-17(25)11-9-15/h2-13,21,28H,14H2,1H3/b22-20-. The number of halogens is 1. The number of aliphatic hydroxyl groups excluding tert-OH is 1. The van der Waals surface area contributed by atoms with Gasteiger partial charge in [0.25, 0.3) is 11.7 Å². The van der Waals surface area contributed by atoms with Gasteiger partial charge < -0.3 is 14.7 Å². The number of amides is 1. The van der Waals surface area contributed by atoms with Crippen molar-refractivity contribution in [3.05, 3.63) is 101 Å². The van der Waals surface area contributed by atoms with Gasteiger partial charge in [-0.05, 0) is 42.0 Å². The Balaban J connectivity index is 1.84. The number of carbonyl (C=O) groups excluding carboxylic acids is 2. The zero-order chi connectivity index (χ0) is 22.0. The van der Waals surface area contributed by atoms with Crippen molar-refractivity contribution >= 4 is 17.4 Å². The van der Waals surface area contributed by atoms with Gasteiger partial charge in [-0.3, -0.25) is 14.6 Å². The van der Waals surface area contributed by atoms with Crippen molar-refractivity contribution in [2.24, 2.45) is 0 Å². The molecule has 6 nitrogen and oxygen atoms in total. The van der Waals surface area contributed by atoms with Crippen LogP contribution < -0.4 is 4.74 Å². The van der Waals surface area contributed by atoms with Gasteiger partial charge in [-0.1, -0.05) is 30.3 Å². The van der Waals surface area contributed by atoms with Crippen LogP contribution in [0.25, 0.3) is 5.76 Å². The van der Waals surface area contributed by atoms with Crippen molar-refractivity contribution in [2.75, 3.05) is 7.11 Å². The Bertz CT molecular complexity index is 1160. The Morgan fingerprint density at radius 1 is 1.10 bits per heavy atom. The van der Waals surface area contributed by atoms with Crippen LogP contribution in [-0.4, -0.2) is 33.8 Å². The van der Waals surface area contributed by atoms with Gasteiger partial charge in [0.05, 0.1) is 18.4 Å². The molecular weight excluding hydrogens is 399 g/mol. The van der Waals surface area contributed by atoms with E-state index in [1.807, 2.05) is 0 Å². The number of aliphatic hydroxyl groups is 1. The number of nitrogens with zero attached hydrogens (tertiary/aromatic N) is 2. The highest BCUT2D eigenvalue weighted by atomic mass is 19.1. The molecule has 1 amide bonds. The first kappa shape index (κ1) is 20.3. The molecule has 1 atom stereocenters. The third kappa shape index (κ3) is 3.90. The fourth-order valence-electron chi connectivity index (χ4n) is 3.60. The number of aromatic nitrogens is 1. The molecule has 0 bridgehead atoms. The van der Waals surface area contributed by atoms with E-state index in [0.29, 0.717) is 22.6 Å². The van der Waals surface area contributed by atoms with E-state index in [9.17, 15) is 19.1 Å². The molecular formula is C24H19FN2O4. The number of rotatable bonds is 5. The van der Waals surface area contributed by atoms with Crippen LogP contribution in [0.4, 0.5) is 4.39 Å². The lowest BCUT2D eigenvalue weighted by molar-refractivity contribution is -0.140. The molecule has 1 aliphatic rings. The number of carbonyl (C=O) groups is 2. The number of benzene rings is 2. The number of ether oxygens (including phenoxy) is 1. The number of methoxy groups -OCH3 is 1. The average molecular weight is 418 g/mol. The molecule has 3 aromatic rings. The minimum absolute atomic E-state index is 0.0564. The lowest BCUT2D eigenvalue weighted by atomic mass is 9.98. The summed E-state index contributed by atoms with van der Waals surface area (Å²) < 4.78 is 18.5. The first-order valence-corrected chi connectivity index (χ1v) is 9.58. The van der Waals surface area contributed by atoms with Crippen molar-refractivity contribution in [2.45, 2.75) is 12.6 Å². The van der Waals surface area contributed by atoms with Crippen LogP contribution in [0.5, 0.6) is 5.75 Å². The van der Waals surface area contributed by atoms with Crippen molar-refractivity contribution in [1.29, 1.82) is 0 Å². The highest BCUT2D eigenvalue weighted by Crippen LogP contribution is 2.39. The average Bonchev–Trinajstić information content (AvgIpc) is 3.05. The van der Waals surface area contributed by atoms with Crippen LogP contribution in [0.15, 0.2) is 78.5 Å². The summed E-state index contributed by atoms with van der Waals surface area (Å²) in [5, 5.41) is 11.0. The molecule has 2 aromatic carbocycles. The van der Waals surface area contributed by atoms with Crippen LogP contribution in [0, 0.1) is 5.82 Å². The van der Waals surface area contributed by atoms with Crippen LogP contribution in [0.3, 0.4) is 0 Å². The molecule has 2 heterocycles. The summed E-state index contributed by atoms with van der Waals surface area (Å²) >= 11 is 0. The van der Waals surface area contributed by atoms with E-state index in [1.54, 1.807) is 60.8 Å². The van der Waals surface area contributed by atoms with Gasteiger partial charge in [0.1, 0.15) is 23.4 Å². The Kier molecular flexibility index (Phi) is 5.49. The Morgan fingerprint density at radius 2 is 1.87 bits per heavy atom. The summed E-state index contributed by atoms with van der Waals surface area (Å²) in [5.41, 5.74) is 1.37. The smallest absolute Gasteiger partial charge is 0.296 e. The molecule has 4 rings (SSSR count). The van der Waals surface area contributed by atoms with Crippen molar-refractivity contribution in [1.82, 2.24) is 9.88 Å². The van der Waals surface area contributed by atoms with E-state index >= 15 is 0 Å². The minimum atomic E-state index is -0.891. The normalized spacial score (nSPS) is 17.7. The molecule has 0 saturated carbocycles. The third-order valence-electron chi connectivity index (χ3n) is 5.12. The monoisotopic (exact) mass is 418 g/mol. The van der Waals surface area contributed by atoms with E-state index in [-0.39, 0.29) is 17.9 Å². The number of hydrogen-bond donors (Lipinski definition) is 1. The lowest BCUT2D eigenvalue weighted by Gasteiger charge is -2.24. The second-order valence-corrected chi connectivity index (χ2v) is 7.04. The number of ketones is 1. The maximum absolute atomic E-state index is 13.3. The Labute approximate surface area is 178 Å². The van der Waals surface area contributed by atoms with Gasteiger partial charge in [-0.25, -0.2) is 4.39 Å². The molecule has 1 saturated heterocycles. The number of Topliss-reactive ketones (excluding diaryl/α,β-unsaturated/α-hetero) is 1. The first-order valence-electron chi connectivity index (χ1n) is 9.58. The topological polar surface area (TPSA) is 79.7 Å². The van der Waals surface area contributed by atoms with Crippen LogP contribution >= 0.6 is 0 Å². The maximum Gasteiger partial charge on any atom is 0.296 e. The molecule has 7 heteroatoms. The molecule has 1 unspecified atom stereocenters. The summed E-state index contributed by atoms with van der Waals surface area (Å²) in [7, 11) is 1.49. The highest BCUT2D eigenvalue weighted by Gasteiger charge is 2.46. The molecule has 31 heavy (non-hydrogen) atoms. The third-order valence-corrected chi connectivity index (χ3v) is 5.12. The summed E-state index contributed by atoms with van der Waals surface area (Å²) in [6, 6.07) is 16.5. The van der Waals surface area contributed by atoms with Crippen LogP contribution in [0.2, 0.25) is 0 Å². The van der Waals surface area contributed by atoms with Crippen molar-refractivity contribution in [3.8, 4) is 5.75 Å². The second-order valence-electron chi connectivity index (χ2n) is 7.04. The number of likely N-dealkylation sites (tertiary alicyclic amines) is 1. The largest absolute Gasteiger partial charge is 0.507 e. The zero-order valence-electron chi connectivity index (χ0n) is 16.7. The van der Waals surface area contributed by atoms with Gasteiger partial charge >= 0.3 is 0 Å². The van der Waals surface area contributed by atoms with Gasteiger partial charge in [-0.15, -0.1) is 0 Å². The fourth-order valence-corrected chi connectivity index (χ4v) is 3.60. The Morgan fingerprint density at radius 3 is 2.55 bits per heavy atom. The van der Waals surface area contributed by atoms with Gasteiger partial charge in [0.15, 0.2) is 0 Å². The summed E-state index contributed by atoms with van der Waals surface area (Å²) in [4.78, 5) is 31.6. The number of hydrogen-bond acceptors (Lipinski definition) is 5. The first-order chi connectivity index (χ1) is 15.0. The van der Waals surface area contributed by atoms with E-state index < -0.39 is 23.5 Å². The van der Waals surface area contributed by atoms with Gasteiger partial charge in [0, 0.05) is 18.3 Å². The predicted molar refractivity (Wildman–Crippen MR) is 111 cm³/mol. The number of pyridine rings is 1. The minimum Gasteiger partial charge on any atom is -0.507 e. The van der Waals surface area contributed by atoms with Crippen molar-refractivity contribution in [3.63, 3.8) is 0 Å². The predicted octanol–water partition coefficient (Wildman–Crippen LogP) is 3.85. The fraction of sp³-hybridized carbons (Fsp3) is 0.125. The summed E-state index contributed by atoms with van der Waals surface area (Å²) in [5.74, 6) is -1.78. The molecule has 0 aliphatic carbocycles. The lowest BCUT2D eigenvalue weighted by Crippen LogP contribution is -2.29. The Hall–Kier alpha value is -4.00. The van der Waals surface area contributed by atoms with E-state index in [0.717, 1.165) is 0 Å². The van der Waals surface area contributed by atoms with Crippen LogP contribution in [-0.2, 0) is 16.1 Å². The van der Waals surface area contributed by atoms with E-state index in [1.165, 1.54) is 24.1 Å². The maximum atomic E-state index is 13.3. The van der Waals surface area contributed by atoms with Crippen LogP contribution in [0.1, 0.15) is 22.9 Å². The van der Waals surface area contributed by atoms with Gasteiger partial charge in [-0.2, -0.15) is 0 Å². The molecule has 1 aliphatic heterocycles. The SMILES string of the molecule is COc1cccc(/C(O)=C2/C(=O)C(=O)N(Cc3ccc(F)cc3)C2c2ccccn2)c1.